The Labute approximate surface area is 108 Å². The molecule has 0 fully saturated rings. The topological polar surface area (TPSA) is 37.2 Å². The molecule has 0 aliphatic rings. The third kappa shape index (κ3) is 2.92. The molecule has 0 unspecified atom stereocenters. The second-order valence-corrected chi connectivity index (χ2v) is 4.97. The van der Waals surface area contributed by atoms with Crippen LogP contribution in [-0.2, 0) is 13.1 Å². The van der Waals surface area contributed by atoms with Crippen LogP contribution in [0.15, 0.2) is 30.5 Å². The molecule has 1 aromatic heterocycles. The minimum Gasteiger partial charge on any atom is -0.396 e. The third-order valence-corrected chi connectivity index (χ3v) is 3.16. The molecule has 2 aromatic rings. The van der Waals surface area contributed by atoms with Gasteiger partial charge in [0.05, 0.1) is 0 Å². The second-order valence-electron chi connectivity index (χ2n) is 4.97. The van der Waals surface area contributed by atoms with Crippen molar-refractivity contribution in [2.75, 3.05) is 6.61 Å². The van der Waals surface area contributed by atoms with Crippen LogP contribution in [0, 0.1) is 0 Å². The molecule has 0 aliphatic heterocycles. The molecular weight excluding hydrogens is 224 g/mol. The van der Waals surface area contributed by atoms with E-state index in [1.165, 1.54) is 16.5 Å². The molecule has 98 valence electrons. The maximum Gasteiger partial charge on any atom is 0.0483 e. The smallest absolute Gasteiger partial charge is 0.0483 e. The molecule has 0 saturated heterocycles. The second kappa shape index (κ2) is 6.03. The van der Waals surface area contributed by atoms with E-state index in [2.05, 4.69) is 54.2 Å². The van der Waals surface area contributed by atoms with E-state index in [-0.39, 0.29) is 6.61 Å². The van der Waals surface area contributed by atoms with Gasteiger partial charge in [0.15, 0.2) is 0 Å². The molecule has 0 amide bonds. The van der Waals surface area contributed by atoms with E-state index in [0.29, 0.717) is 6.04 Å². The summed E-state index contributed by atoms with van der Waals surface area (Å²) >= 11 is 0. The first-order chi connectivity index (χ1) is 8.72. The van der Waals surface area contributed by atoms with Crippen molar-refractivity contribution in [3.8, 4) is 0 Å². The normalized spacial score (nSPS) is 11.6. The van der Waals surface area contributed by atoms with E-state index in [9.17, 15) is 0 Å². The molecule has 0 atom stereocenters. The lowest BCUT2D eigenvalue weighted by atomic mass is 10.1. The van der Waals surface area contributed by atoms with Gasteiger partial charge in [0.2, 0.25) is 0 Å². The van der Waals surface area contributed by atoms with Crippen LogP contribution in [0.5, 0.6) is 0 Å². The molecule has 0 radical (unpaired) electrons. The predicted molar refractivity (Wildman–Crippen MR) is 75.6 cm³/mol. The monoisotopic (exact) mass is 246 g/mol. The Balaban J connectivity index is 2.24. The van der Waals surface area contributed by atoms with Gasteiger partial charge in [-0.3, -0.25) is 0 Å². The third-order valence-electron chi connectivity index (χ3n) is 3.16. The summed E-state index contributed by atoms with van der Waals surface area (Å²) in [6.45, 7) is 6.34. The van der Waals surface area contributed by atoms with Crippen LogP contribution in [-0.4, -0.2) is 22.3 Å². The minimum absolute atomic E-state index is 0.244. The van der Waals surface area contributed by atoms with Crippen LogP contribution in [0.4, 0.5) is 0 Å². The summed E-state index contributed by atoms with van der Waals surface area (Å²) in [7, 11) is 0. The molecule has 1 aromatic carbocycles. The van der Waals surface area contributed by atoms with E-state index >= 15 is 0 Å². The van der Waals surface area contributed by atoms with E-state index in [4.69, 9.17) is 5.11 Å². The molecular formula is C15H22N2O. The predicted octanol–water partition coefficient (Wildman–Crippen LogP) is 2.52. The van der Waals surface area contributed by atoms with Gasteiger partial charge in [-0.15, -0.1) is 0 Å². The lowest BCUT2D eigenvalue weighted by Crippen LogP contribution is -2.21. The van der Waals surface area contributed by atoms with Crippen molar-refractivity contribution in [1.29, 1.82) is 0 Å². The van der Waals surface area contributed by atoms with Crippen LogP contribution < -0.4 is 5.32 Å². The Hall–Kier alpha value is -1.32. The SMILES string of the molecule is CC(C)NCc1cccc2c1ccn2CCCO. The number of nitrogens with one attached hydrogen (secondary N) is 1. The summed E-state index contributed by atoms with van der Waals surface area (Å²) in [4.78, 5) is 0. The highest BCUT2D eigenvalue weighted by atomic mass is 16.3. The summed E-state index contributed by atoms with van der Waals surface area (Å²) in [5.41, 5.74) is 2.59. The number of aliphatic hydroxyl groups is 1. The van der Waals surface area contributed by atoms with Crippen LogP contribution in [0.25, 0.3) is 10.9 Å². The summed E-state index contributed by atoms with van der Waals surface area (Å²) in [5, 5.41) is 13.7. The van der Waals surface area contributed by atoms with Gasteiger partial charge in [0.1, 0.15) is 0 Å². The molecule has 3 nitrogen and oxygen atoms in total. The summed E-state index contributed by atoms with van der Waals surface area (Å²) in [5.74, 6) is 0. The number of aliphatic hydroxyl groups excluding tert-OH is 1. The van der Waals surface area contributed by atoms with Crippen molar-refractivity contribution >= 4 is 10.9 Å². The highest BCUT2D eigenvalue weighted by Crippen LogP contribution is 2.20. The van der Waals surface area contributed by atoms with E-state index < -0.39 is 0 Å². The van der Waals surface area contributed by atoms with Gasteiger partial charge in [-0.05, 0) is 24.1 Å². The van der Waals surface area contributed by atoms with Crippen LogP contribution in [0.1, 0.15) is 25.8 Å². The lowest BCUT2D eigenvalue weighted by molar-refractivity contribution is 0.280. The molecule has 3 heteroatoms. The number of nitrogens with zero attached hydrogens (tertiary/aromatic N) is 1. The molecule has 2 N–H and O–H groups in total. The molecule has 2 rings (SSSR count). The van der Waals surface area contributed by atoms with Crippen molar-refractivity contribution in [2.24, 2.45) is 0 Å². The van der Waals surface area contributed by atoms with Crippen molar-refractivity contribution < 1.29 is 5.11 Å². The lowest BCUT2D eigenvalue weighted by Gasteiger charge is -2.10. The largest absolute Gasteiger partial charge is 0.396 e. The van der Waals surface area contributed by atoms with Gasteiger partial charge in [0, 0.05) is 42.8 Å². The Morgan fingerprint density at radius 2 is 2.11 bits per heavy atom. The highest BCUT2D eigenvalue weighted by Gasteiger charge is 2.05. The first-order valence-electron chi connectivity index (χ1n) is 6.63. The number of aryl methyl sites for hydroxylation is 1. The average Bonchev–Trinajstić information content (AvgIpc) is 2.77. The number of benzene rings is 1. The molecule has 0 aliphatic carbocycles. The Bertz CT molecular complexity index is 502. The number of hydrogen-bond donors (Lipinski definition) is 2. The zero-order valence-electron chi connectivity index (χ0n) is 11.2. The van der Waals surface area contributed by atoms with Gasteiger partial charge in [0.25, 0.3) is 0 Å². The van der Waals surface area contributed by atoms with Gasteiger partial charge in [-0.1, -0.05) is 26.0 Å². The number of fused-ring (bicyclic) bond motifs is 1. The first-order valence-corrected chi connectivity index (χ1v) is 6.63. The molecule has 0 bridgehead atoms. The molecule has 1 heterocycles. The molecule has 0 spiro atoms. The summed E-state index contributed by atoms with van der Waals surface area (Å²) < 4.78 is 2.21. The molecule has 0 saturated carbocycles. The number of aromatic nitrogens is 1. The van der Waals surface area contributed by atoms with Gasteiger partial charge in [-0.25, -0.2) is 0 Å². The zero-order chi connectivity index (χ0) is 13.0. The highest BCUT2D eigenvalue weighted by molar-refractivity contribution is 5.83. The van der Waals surface area contributed by atoms with E-state index in [0.717, 1.165) is 19.5 Å². The quantitative estimate of drug-likeness (QED) is 0.822. The fraction of sp³-hybridized carbons (Fsp3) is 0.467. The Morgan fingerprint density at radius 1 is 1.28 bits per heavy atom. The number of rotatable bonds is 6. The Kier molecular flexibility index (Phi) is 4.39. The fourth-order valence-electron chi connectivity index (χ4n) is 2.19. The van der Waals surface area contributed by atoms with E-state index in [1.807, 2.05) is 0 Å². The number of hydrogen-bond acceptors (Lipinski definition) is 2. The fourth-order valence-corrected chi connectivity index (χ4v) is 2.19. The van der Waals surface area contributed by atoms with Crippen LogP contribution in [0.3, 0.4) is 0 Å². The van der Waals surface area contributed by atoms with E-state index in [1.54, 1.807) is 0 Å². The van der Waals surface area contributed by atoms with Crippen molar-refractivity contribution in [3.63, 3.8) is 0 Å². The van der Waals surface area contributed by atoms with Crippen molar-refractivity contribution in [3.05, 3.63) is 36.0 Å². The maximum atomic E-state index is 8.91. The van der Waals surface area contributed by atoms with Gasteiger partial charge >= 0.3 is 0 Å². The average molecular weight is 246 g/mol. The first kappa shape index (κ1) is 13.1. The standard InChI is InChI=1S/C15H22N2O/c1-12(2)16-11-13-5-3-6-15-14(13)7-9-17(15)8-4-10-18/h3,5-7,9,12,16,18H,4,8,10-11H2,1-2H3. The van der Waals surface area contributed by atoms with Crippen molar-refractivity contribution in [1.82, 2.24) is 9.88 Å². The maximum absolute atomic E-state index is 8.91. The zero-order valence-corrected chi connectivity index (χ0v) is 11.2. The van der Waals surface area contributed by atoms with Crippen LogP contribution in [0.2, 0.25) is 0 Å². The van der Waals surface area contributed by atoms with Gasteiger partial charge in [-0.2, -0.15) is 0 Å². The molecule has 18 heavy (non-hydrogen) atoms. The minimum atomic E-state index is 0.244. The Morgan fingerprint density at radius 3 is 2.83 bits per heavy atom. The van der Waals surface area contributed by atoms with Crippen LogP contribution >= 0.6 is 0 Å². The van der Waals surface area contributed by atoms with Crippen molar-refractivity contribution in [2.45, 2.75) is 39.4 Å². The summed E-state index contributed by atoms with van der Waals surface area (Å²) in [6, 6.07) is 9.09. The summed E-state index contributed by atoms with van der Waals surface area (Å²) in [6.07, 6.45) is 2.91. The van der Waals surface area contributed by atoms with Gasteiger partial charge < -0.3 is 15.0 Å².